The van der Waals surface area contributed by atoms with Gasteiger partial charge in [0.25, 0.3) is 0 Å². The second-order valence-electron chi connectivity index (χ2n) is 5.70. The van der Waals surface area contributed by atoms with Crippen LogP contribution in [0.15, 0.2) is 58.7 Å². The van der Waals surface area contributed by atoms with Gasteiger partial charge in [-0.25, -0.2) is 15.0 Å². The normalized spacial score (nSPS) is 11.8. The number of para-hydroxylation sites is 1. The Hall–Kier alpha value is -2.07. The number of benzene rings is 2. The molecule has 2 aromatic heterocycles. The number of fused-ring (bicyclic) bond motifs is 1. The van der Waals surface area contributed by atoms with Gasteiger partial charge in [0.2, 0.25) is 0 Å². The summed E-state index contributed by atoms with van der Waals surface area (Å²) >= 11 is 14.9. The third-order valence-electron chi connectivity index (χ3n) is 3.75. The summed E-state index contributed by atoms with van der Waals surface area (Å²) in [7, 11) is 0. The van der Waals surface area contributed by atoms with Gasteiger partial charge in [-0.2, -0.15) is 13.2 Å². The molecule has 0 atom stereocenters. The minimum absolute atomic E-state index is 0.446. The Morgan fingerprint density at radius 1 is 0.966 bits per heavy atom. The Labute approximate surface area is 181 Å². The third kappa shape index (κ3) is 4.42. The van der Waals surface area contributed by atoms with Gasteiger partial charge >= 0.3 is 6.18 Å². The largest absolute Gasteiger partial charge is 0.416 e. The van der Waals surface area contributed by atoms with Crippen molar-refractivity contribution < 1.29 is 13.2 Å². The Morgan fingerprint density at radius 3 is 2.31 bits per heavy atom. The van der Waals surface area contributed by atoms with Crippen LogP contribution in [-0.4, -0.2) is 15.0 Å². The van der Waals surface area contributed by atoms with Crippen molar-refractivity contribution >= 4 is 67.5 Å². The fourth-order valence-electron chi connectivity index (χ4n) is 2.41. The number of thiazole rings is 1. The zero-order chi connectivity index (χ0) is 20.6. The first-order chi connectivity index (χ1) is 13.8. The number of nitrogens with one attached hydrogen (secondary N) is 1. The zero-order valence-electron chi connectivity index (χ0n) is 14.2. The smallest absolute Gasteiger partial charge is 0.329 e. The first-order valence-electron chi connectivity index (χ1n) is 7.99. The van der Waals surface area contributed by atoms with Gasteiger partial charge in [-0.1, -0.05) is 52.4 Å². The van der Waals surface area contributed by atoms with Gasteiger partial charge in [-0.05, 0) is 36.4 Å². The van der Waals surface area contributed by atoms with E-state index in [1.54, 1.807) is 18.2 Å². The van der Waals surface area contributed by atoms with Crippen molar-refractivity contribution in [3.05, 3.63) is 64.4 Å². The maximum atomic E-state index is 12.7. The van der Waals surface area contributed by atoms with Gasteiger partial charge in [0.1, 0.15) is 21.7 Å². The molecule has 2 aromatic carbocycles. The molecule has 2 heterocycles. The van der Waals surface area contributed by atoms with E-state index in [4.69, 9.17) is 23.2 Å². The van der Waals surface area contributed by atoms with Crippen LogP contribution in [0, 0.1) is 0 Å². The highest BCUT2D eigenvalue weighted by molar-refractivity contribution is 7.99. The number of halogens is 5. The maximum absolute atomic E-state index is 12.7. The van der Waals surface area contributed by atoms with E-state index >= 15 is 0 Å². The Bertz CT molecular complexity index is 1160. The molecule has 0 bridgehead atoms. The van der Waals surface area contributed by atoms with Crippen molar-refractivity contribution in [2.24, 2.45) is 0 Å². The molecule has 0 aliphatic heterocycles. The molecule has 4 aromatic rings. The monoisotopic (exact) mass is 472 g/mol. The van der Waals surface area contributed by atoms with E-state index in [0.29, 0.717) is 41.1 Å². The molecule has 0 amide bonds. The summed E-state index contributed by atoms with van der Waals surface area (Å²) in [5, 5.41) is 5.03. The summed E-state index contributed by atoms with van der Waals surface area (Å²) in [4.78, 5) is 14.2. The van der Waals surface area contributed by atoms with Crippen LogP contribution < -0.4 is 5.32 Å². The van der Waals surface area contributed by atoms with Gasteiger partial charge in [0.05, 0.1) is 21.3 Å². The Morgan fingerprint density at radius 2 is 1.66 bits per heavy atom. The molecule has 0 saturated carbocycles. The lowest BCUT2D eigenvalue weighted by atomic mass is 10.2. The number of nitrogens with zero attached hydrogens (tertiary/aromatic N) is 3. The summed E-state index contributed by atoms with van der Waals surface area (Å²) in [6.07, 6.45) is -2.99. The predicted octanol–water partition coefficient (Wildman–Crippen LogP) is 7.31. The van der Waals surface area contributed by atoms with Crippen molar-refractivity contribution in [3.8, 4) is 0 Å². The minimum Gasteiger partial charge on any atom is -0.329 e. The van der Waals surface area contributed by atoms with Crippen molar-refractivity contribution in [2.45, 2.75) is 16.1 Å². The lowest BCUT2D eigenvalue weighted by Gasteiger charge is -2.07. The lowest BCUT2D eigenvalue weighted by Crippen LogP contribution is -2.03. The highest BCUT2D eigenvalue weighted by Crippen LogP contribution is 2.38. The van der Waals surface area contributed by atoms with E-state index in [9.17, 15) is 13.2 Å². The fourth-order valence-corrected chi connectivity index (χ4v) is 4.61. The van der Waals surface area contributed by atoms with Gasteiger partial charge in [-0.15, -0.1) is 0 Å². The molecule has 148 valence electrons. The van der Waals surface area contributed by atoms with Crippen LogP contribution in [0.1, 0.15) is 5.56 Å². The molecule has 29 heavy (non-hydrogen) atoms. The van der Waals surface area contributed by atoms with Crippen molar-refractivity contribution in [3.63, 3.8) is 0 Å². The van der Waals surface area contributed by atoms with Crippen LogP contribution in [-0.2, 0) is 6.18 Å². The number of rotatable bonds is 4. The molecule has 0 radical (unpaired) electrons. The van der Waals surface area contributed by atoms with Gasteiger partial charge in [-0.3, -0.25) is 0 Å². The summed E-state index contributed by atoms with van der Waals surface area (Å²) in [6.45, 7) is 0. The summed E-state index contributed by atoms with van der Waals surface area (Å²) in [6, 6.07) is 10.0. The van der Waals surface area contributed by atoms with Crippen LogP contribution in [0.4, 0.5) is 24.0 Å². The number of anilines is 2. The SMILES string of the molecule is FC(F)(F)c1ccc(Sc2ncnc3sc(Nc4c(Cl)cccc4Cl)nc23)cc1. The molecule has 0 unspecified atom stereocenters. The molecule has 4 nitrogen and oxygen atoms in total. The van der Waals surface area contributed by atoms with Crippen LogP contribution in [0.2, 0.25) is 10.0 Å². The minimum atomic E-state index is -4.37. The molecule has 11 heteroatoms. The number of aromatic nitrogens is 3. The molecule has 0 aliphatic rings. The van der Waals surface area contributed by atoms with Gasteiger partial charge in [0, 0.05) is 4.90 Å². The molecule has 0 aliphatic carbocycles. The topological polar surface area (TPSA) is 50.7 Å². The van der Waals surface area contributed by atoms with E-state index in [-0.39, 0.29) is 0 Å². The van der Waals surface area contributed by atoms with E-state index in [1.807, 2.05) is 0 Å². The second-order valence-corrected chi connectivity index (χ2v) is 8.55. The molecule has 4 rings (SSSR count). The summed E-state index contributed by atoms with van der Waals surface area (Å²) < 4.78 is 38.2. The summed E-state index contributed by atoms with van der Waals surface area (Å²) in [5.41, 5.74) is 0.360. The van der Waals surface area contributed by atoms with Crippen LogP contribution >= 0.6 is 46.3 Å². The van der Waals surface area contributed by atoms with E-state index in [1.165, 1.54) is 41.6 Å². The number of hydrogen-bond acceptors (Lipinski definition) is 6. The van der Waals surface area contributed by atoms with E-state index in [0.717, 1.165) is 12.1 Å². The zero-order valence-corrected chi connectivity index (χ0v) is 17.3. The van der Waals surface area contributed by atoms with E-state index < -0.39 is 11.7 Å². The molecule has 0 saturated heterocycles. The second kappa shape index (κ2) is 7.98. The van der Waals surface area contributed by atoms with Crippen LogP contribution in [0.3, 0.4) is 0 Å². The molecular formula is C18H9Cl2F3N4S2. The standard InChI is InChI=1S/C18H9Cl2F3N4S2/c19-11-2-1-3-12(20)13(11)26-17-27-14-15(24-8-25-16(14)29-17)28-10-6-4-9(5-7-10)18(21,22)23/h1-8H,(H,26,27). The molecule has 0 fully saturated rings. The van der Waals surface area contributed by atoms with Gasteiger partial charge < -0.3 is 5.32 Å². The Balaban J connectivity index is 1.63. The summed E-state index contributed by atoms with van der Waals surface area (Å²) in [5.74, 6) is 0. The van der Waals surface area contributed by atoms with Gasteiger partial charge in [0.15, 0.2) is 5.13 Å². The predicted molar refractivity (Wildman–Crippen MR) is 111 cm³/mol. The van der Waals surface area contributed by atoms with E-state index in [2.05, 4.69) is 20.3 Å². The first kappa shape index (κ1) is 20.2. The van der Waals surface area contributed by atoms with Crippen LogP contribution in [0.5, 0.6) is 0 Å². The highest BCUT2D eigenvalue weighted by Gasteiger charge is 2.30. The lowest BCUT2D eigenvalue weighted by molar-refractivity contribution is -0.137. The molecule has 1 N–H and O–H groups in total. The quantitative estimate of drug-likeness (QED) is 0.315. The molecular weight excluding hydrogens is 464 g/mol. The van der Waals surface area contributed by atoms with Crippen molar-refractivity contribution in [2.75, 3.05) is 5.32 Å². The third-order valence-corrected chi connectivity index (χ3v) is 6.26. The number of hydrogen-bond donors (Lipinski definition) is 1. The maximum Gasteiger partial charge on any atom is 0.416 e. The molecule has 0 spiro atoms. The number of alkyl halides is 3. The average Bonchev–Trinajstić information content (AvgIpc) is 3.08. The fraction of sp³-hybridized carbons (Fsp3) is 0.0556. The van der Waals surface area contributed by atoms with Crippen molar-refractivity contribution in [1.29, 1.82) is 0 Å². The average molecular weight is 473 g/mol. The van der Waals surface area contributed by atoms with Crippen molar-refractivity contribution in [1.82, 2.24) is 15.0 Å². The first-order valence-corrected chi connectivity index (χ1v) is 10.4. The Kier molecular flexibility index (Phi) is 5.56. The van der Waals surface area contributed by atoms with Crippen LogP contribution in [0.25, 0.3) is 10.3 Å². The highest BCUT2D eigenvalue weighted by atomic mass is 35.5.